The van der Waals surface area contributed by atoms with E-state index in [9.17, 15) is 19.2 Å². The van der Waals surface area contributed by atoms with Gasteiger partial charge in [0.05, 0.1) is 21.5 Å². The third-order valence-corrected chi connectivity index (χ3v) is 7.83. The third kappa shape index (κ3) is 4.87. The Hall–Kier alpha value is -3.10. The lowest BCUT2D eigenvalue weighted by molar-refractivity contribution is 0.167. The highest BCUT2D eigenvalue weighted by atomic mass is 16.2. The van der Waals surface area contributed by atoms with E-state index in [0.717, 1.165) is 0 Å². The van der Waals surface area contributed by atoms with Crippen molar-refractivity contribution in [3.05, 3.63) is 65.7 Å². The van der Waals surface area contributed by atoms with Gasteiger partial charge in [-0.05, 0) is 90.4 Å². The molecule has 0 fully saturated rings. The Bertz CT molecular complexity index is 1450. The van der Waals surface area contributed by atoms with Gasteiger partial charge in [0.1, 0.15) is 0 Å². The van der Waals surface area contributed by atoms with Gasteiger partial charge in [-0.15, -0.1) is 0 Å². The second-order valence-corrected chi connectivity index (χ2v) is 11.5. The number of nitrogens with zero attached hydrogens (tertiary/aromatic N) is 4. The molecule has 0 saturated heterocycles. The van der Waals surface area contributed by atoms with Crippen LogP contribution in [0, 0.1) is 0 Å². The normalized spacial score (nSPS) is 12.9. The van der Waals surface area contributed by atoms with Gasteiger partial charge < -0.3 is 0 Å². The summed E-state index contributed by atoms with van der Waals surface area (Å²) in [6, 6.07) is 7.93. The van der Waals surface area contributed by atoms with Crippen LogP contribution in [-0.2, 0) is 13.1 Å². The van der Waals surface area contributed by atoms with Gasteiger partial charge >= 0.3 is 0 Å². The minimum absolute atomic E-state index is 0.295. The Kier molecular flexibility index (Phi) is 7.77. The first-order valence-corrected chi connectivity index (χ1v) is 13.7. The molecule has 0 aliphatic rings. The monoisotopic (exact) mass is 520 g/mol. The molecular formula is C30H40N4O4. The molecule has 4 rings (SSSR count). The fraction of sp³-hybridized carbons (Fsp3) is 0.533. The van der Waals surface area contributed by atoms with E-state index in [-0.39, 0.29) is 22.2 Å². The van der Waals surface area contributed by atoms with Crippen LogP contribution in [0.15, 0.2) is 43.4 Å². The third-order valence-electron chi connectivity index (χ3n) is 7.83. The van der Waals surface area contributed by atoms with E-state index in [0.29, 0.717) is 82.7 Å². The van der Waals surface area contributed by atoms with Crippen LogP contribution in [0.25, 0.3) is 32.3 Å². The summed E-state index contributed by atoms with van der Waals surface area (Å²) in [5, 5.41) is 2.74. The number of hydrogen-bond donors (Lipinski definition) is 0. The molecule has 0 aliphatic carbocycles. The molecule has 0 amide bonds. The maximum Gasteiger partial charge on any atom is 0.261 e. The van der Waals surface area contributed by atoms with Crippen LogP contribution in [0.5, 0.6) is 0 Å². The van der Waals surface area contributed by atoms with E-state index in [1.165, 1.54) is 9.13 Å². The molecule has 0 spiro atoms. The standard InChI is InChI=1S/C30H40N4O4/c1-17(2)31(18(3)4)9-11-33-27(35)23-13-21-15-25-26(16-22(21)14-24(23)28(33)36)30(38)34(29(25)37)12-10-32(19(5)6)20(7)8/h13-20H,9-12H2,1-8H3. The topological polar surface area (TPSA) is 84.6 Å². The summed E-state index contributed by atoms with van der Waals surface area (Å²) in [4.78, 5) is 57.4. The quantitative estimate of drug-likeness (QED) is 0.319. The van der Waals surface area contributed by atoms with Crippen molar-refractivity contribution in [2.75, 3.05) is 13.1 Å². The summed E-state index contributed by atoms with van der Waals surface area (Å²) >= 11 is 0. The molecule has 0 bridgehead atoms. The Morgan fingerprint density at radius 1 is 0.500 bits per heavy atom. The van der Waals surface area contributed by atoms with Crippen molar-refractivity contribution >= 4 is 32.3 Å². The molecule has 2 heterocycles. The Labute approximate surface area is 222 Å². The smallest absolute Gasteiger partial charge is 0.261 e. The molecule has 4 aromatic rings. The van der Waals surface area contributed by atoms with Crippen LogP contribution in [0.2, 0.25) is 0 Å². The lowest BCUT2D eigenvalue weighted by atomic mass is 10.0. The summed E-state index contributed by atoms with van der Waals surface area (Å²) in [6.07, 6.45) is 0. The van der Waals surface area contributed by atoms with Gasteiger partial charge in [-0.1, -0.05) is 0 Å². The van der Waals surface area contributed by atoms with Crippen LogP contribution in [0.3, 0.4) is 0 Å². The minimum Gasteiger partial charge on any atom is -0.297 e. The van der Waals surface area contributed by atoms with Crippen molar-refractivity contribution in [1.82, 2.24) is 18.9 Å². The summed E-state index contributed by atoms with van der Waals surface area (Å²) in [5.41, 5.74) is -1.25. The average molecular weight is 521 g/mol. The maximum absolute atomic E-state index is 13.2. The molecule has 38 heavy (non-hydrogen) atoms. The number of aromatic nitrogens is 2. The first kappa shape index (κ1) is 27.9. The molecular weight excluding hydrogens is 480 g/mol. The highest BCUT2D eigenvalue weighted by molar-refractivity contribution is 6.04. The fourth-order valence-corrected chi connectivity index (χ4v) is 5.89. The average Bonchev–Trinajstić information content (AvgIpc) is 3.20. The van der Waals surface area contributed by atoms with Crippen LogP contribution >= 0.6 is 0 Å². The molecule has 0 unspecified atom stereocenters. The van der Waals surface area contributed by atoms with Crippen LogP contribution in [-0.4, -0.2) is 56.2 Å². The predicted molar refractivity (Wildman–Crippen MR) is 156 cm³/mol. The molecule has 0 aliphatic heterocycles. The summed E-state index contributed by atoms with van der Waals surface area (Å²) < 4.78 is 2.62. The predicted octanol–water partition coefficient (Wildman–Crippen LogP) is 3.30. The van der Waals surface area contributed by atoms with Crippen molar-refractivity contribution in [1.29, 1.82) is 0 Å². The zero-order chi connectivity index (χ0) is 28.0. The first-order chi connectivity index (χ1) is 17.8. The Balaban J connectivity index is 1.76. The largest absolute Gasteiger partial charge is 0.297 e. The number of fused-ring (bicyclic) bond motifs is 3. The summed E-state index contributed by atoms with van der Waals surface area (Å²) in [6.45, 7) is 18.6. The van der Waals surface area contributed by atoms with Crippen molar-refractivity contribution < 1.29 is 0 Å². The van der Waals surface area contributed by atoms with Crippen molar-refractivity contribution in [2.45, 2.75) is 92.6 Å². The van der Waals surface area contributed by atoms with Crippen LogP contribution in [0.1, 0.15) is 55.4 Å². The number of hydrogen-bond acceptors (Lipinski definition) is 6. The molecule has 2 aromatic heterocycles. The van der Waals surface area contributed by atoms with Crippen LogP contribution in [0.4, 0.5) is 0 Å². The summed E-state index contributed by atoms with van der Waals surface area (Å²) in [5.74, 6) is 0. The second-order valence-electron chi connectivity index (χ2n) is 11.5. The van der Waals surface area contributed by atoms with E-state index < -0.39 is 0 Å². The molecule has 0 saturated carbocycles. The van der Waals surface area contributed by atoms with Gasteiger partial charge in [0.2, 0.25) is 0 Å². The van der Waals surface area contributed by atoms with Gasteiger partial charge in [-0.3, -0.25) is 38.1 Å². The fourth-order valence-electron chi connectivity index (χ4n) is 5.89. The van der Waals surface area contributed by atoms with E-state index in [1.807, 2.05) is 0 Å². The highest BCUT2D eigenvalue weighted by Gasteiger charge is 2.20. The first-order valence-electron chi connectivity index (χ1n) is 13.7. The molecule has 0 N–H and O–H groups in total. The molecule has 8 heteroatoms. The molecule has 8 nitrogen and oxygen atoms in total. The minimum atomic E-state index is -0.314. The molecule has 2 aromatic carbocycles. The zero-order valence-corrected chi connectivity index (χ0v) is 23.9. The Morgan fingerprint density at radius 3 is 0.947 bits per heavy atom. The number of rotatable bonds is 10. The SMILES string of the molecule is CC(C)N(CCn1c(=O)c2cc3cc4c(=O)n(CCN(C(C)C)C(C)C)c(=O)c4cc3cc2c1=O)C(C)C. The van der Waals surface area contributed by atoms with Gasteiger partial charge in [0.25, 0.3) is 22.2 Å². The molecule has 204 valence electrons. The summed E-state index contributed by atoms with van der Waals surface area (Å²) in [7, 11) is 0. The van der Waals surface area contributed by atoms with Crippen molar-refractivity contribution in [2.24, 2.45) is 0 Å². The second kappa shape index (κ2) is 10.6. The molecule has 0 radical (unpaired) electrons. The maximum atomic E-state index is 13.2. The number of benzene rings is 2. The van der Waals surface area contributed by atoms with Gasteiger partial charge in [0.15, 0.2) is 0 Å². The highest BCUT2D eigenvalue weighted by Crippen LogP contribution is 2.23. The lowest BCUT2D eigenvalue weighted by Crippen LogP contribution is -2.41. The van der Waals surface area contributed by atoms with Gasteiger partial charge in [0, 0.05) is 50.3 Å². The van der Waals surface area contributed by atoms with Gasteiger partial charge in [-0.25, -0.2) is 0 Å². The zero-order valence-electron chi connectivity index (χ0n) is 23.9. The van der Waals surface area contributed by atoms with E-state index in [4.69, 9.17) is 0 Å². The Morgan fingerprint density at radius 2 is 0.737 bits per heavy atom. The van der Waals surface area contributed by atoms with E-state index in [1.54, 1.807) is 24.3 Å². The van der Waals surface area contributed by atoms with Crippen LogP contribution < -0.4 is 22.2 Å². The van der Waals surface area contributed by atoms with E-state index in [2.05, 4.69) is 65.2 Å². The van der Waals surface area contributed by atoms with Crippen molar-refractivity contribution in [3.63, 3.8) is 0 Å². The molecule has 0 atom stereocenters. The lowest BCUT2D eigenvalue weighted by Gasteiger charge is -2.30. The van der Waals surface area contributed by atoms with Crippen molar-refractivity contribution in [3.8, 4) is 0 Å². The van der Waals surface area contributed by atoms with Gasteiger partial charge in [-0.2, -0.15) is 0 Å². The van der Waals surface area contributed by atoms with E-state index >= 15 is 0 Å².